The van der Waals surface area contributed by atoms with Crippen LogP contribution in [0.2, 0.25) is 0 Å². The molecule has 1 atom stereocenters. The van der Waals surface area contributed by atoms with Gasteiger partial charge >= 0.3 is 11.9 Å². The highest BCUT2D eigenvalue weighted by Crippen LogP contribution is 2.44. The molecule has 0 radical (unpaired) electrons. The fraction of sp³-hybridized carbons (Fsp3) is 0.121. The predicted octanol–water partition coefficient (Wildman–Crippen LogP) is 6.54. The number of aromatic nitrogens is 2. The van der Waals surface area contributed by atoms with E-state index in [2.05, 4.69) is 16.3 Å². The molecule has 1 aliphatic heterocycles. The van der Waals surface area contributed by atoms with Gasteiger partial charge in [-0.05, 0) is 52.2 Å². The summed E-state index contributed by atoms with van der Waals surface area (Å²) in [5.74, 6) is -3.27. The maximum Gasteiger partial charge on any atom is 0.337 e. The zero-order valence-electron chi connectivity index (χ0n) is 23.9. The molecule has 45 heavy (non-hydrogen) atoms. The summed E-state index contributed by atoms with van der Waals surface area (Å²) in [6.45, 7) is 0. The van der Waals surface area contributed by atoms with Gasteiger partial charge in [-0.3, -0.25) is 14.5 Å². The first-order chi connectivity index (χ1) is 21.8. The molecule has 6 rings (SSSR count). The number of ketones is 1. The third-order valence-corrected chi connectivity index (χ3v) is 9.45. The number of hydrogen-bond donors (Lipinski definition) is 1. The lowest BCUT2D eigenvalue weighted by atomic mass is 9.94. The third-order valence-electron chi connectivity index (χ3n) is 7.35. The van der Waals surface area contributed by atoms with Gasteiger partial charge in [0.25, 0.3) is 5.78 Å². The quantitative estimate of drug-likeness (QED) is 0.0503. The minimum absolute atomic E-state index is 0.0222. The van der Waals surface area contributed by atoms with Gasteiger partial charge in [-0.25, -0.2) is 9.18 Å². The van der Waals surface area contributed by atoms with Gasteiger partial charge in [0.2, 0.25) is 5.13 Å². The molecule has 4 aromatic carbocycles. The summed E-state index contributed by atoms with van der Waals surface area (Å²) in [6.07, 6.45) is 0. The van der Waals surface area contributed by atoms with Crippen LogP contribution in [0, 0.1) is 5.82 Å². The minimum Gasteiger partial charge on any atom is -0.507 e. The molecular formula is C33H24FN3O6S2. The molecule has 1 N–H and O–H groups in total. The molecule has 12 heteroatoms. The number of nitrogens with zero attached hydrogens (tertiary/aromatic N) is 3. The zero-order valence-corrected chi connectivity index (χ0v) is 25.5. The molecule has 1 aromatic heterocycles. The number of hydrogen-bond acceptors (Lipinski definition) is 10. The van der Waals surface area contributed by atoms with Gasteiger partial charge in [0.1, 0.15) is 5.76 Å². The Morgan fingerprint density at radius 3 is 2.44 bits per heavy atom. The van der Waals surface area contributed by atoms with Crippen molar-refractivity contribution in [2.45, 2.75) is 16.1 Å². The number of carbonyl (C=O) groups is 3. The molecule has 0 spiro atoms. The van der Waals surface area contributed by atoms with Crippen molar-refractivity contribution >= 4 is 62.4 Å². The van der Waals surface area contributed by atoms with E-state index < -0.39 is 35.3 Å². The maximum atomic E-state index is 14.6. The van der Waals surface area contributed by atoms with Gasteiger partial charge in [0.05, 0.1) is 31.4 Å². The second-order valence-corrected chi connectivity index (χ2v) is 12.1. The Balaban J connectivity index is 1.39. The lowest BCUT2D eigenvalue weighted by Gasteiger charge is -2.22. The second-order valence-electron chi connectivity index (χ2n) is 9.91. The van der Waals surface area contributed by atoms with Gasteiger partial charge in [0.15, 0.2) is 15.9 Å². The molecule has 1 amide bonds. The minimum atomic E-state index is -1.15. The number of benzene rings is 4. The number of esters is 1. The van der Waals surface area contributed by atoms with Crippen LogP contribution in [-0.4, -0.2) is 47.2 Å². The van der Waals surface area contributed by atoms with Crippen LogP contribution in [0.15, 0.2) is 94.8 Å². The highest BCUT2D eigenvalue weighted by Gasteiger charge is 2.48. The Morgan fingerprint density at radius 2 is 1.71 bits per heavy atom. The number of amides is 1. The molecule has 9 nitrogen and oxygen atoms in total. The molecule has 0 bridgehead atoms. The maximum absolute atomic E-state index is 14.6. The zero-order chi connectivity index (χ0) is 31.7. The van der Waals surface area contributed by atoms with Gasteiger partial charge in [-0.1, -0.05) is 77.7 Å². The van der Waals surface area contributed by atoms with Crippen LogP contribution >= 0.6 is 23.1 Å². The van der Waals surface area contributed by atoms with Crippen molar-refractivity contribution in [2.24, 2.45) is 0 Å². The molecule has 5 aromatic rings. The normalized spacial score (nSPS) is 15.9. The Bertz CT molecular complexity index is 1990. The molecule has 0 unspecified atom stereocenters. The first kappa shape index (κ1) is 30.0. The van der Waals surface area contributed by atoms with E-state index in [0.717, 1.165) is 33.7 Å². The van der Waals surface area contributed by atoms with Crippen molar-refractivity contribution in [3.05, 3.63) is 119 Å². The molecule has 1 aliphatic rings. The SMILES string of the molecule is COC(=O)c1ccc([C@H]2C(=C(O)c3ccc(OC)c(F)c3)C(=O)C(=O)N2c2nnc(SCc3cccc4ccccc34)s2)cc1. The van der Waals surface area contributed by atoms with E-state index in [-0.39, 0.29) is 27.6 Å². The predicted molar refractivity (Wildman–Crippen MR) is 169 cm³/mol. The van der Waals surface area contributed by atoms with Crippen LogP contribution in [0.1, 0.15) is 33.1 Å². The van der Waals surface area contributed by atoms with Gasteiger partial charge < -0.3 is 14.6 Å². The average Bonchev–Trinajstić information content (AvgIpc) is 3.64. The van der Waals surface area contributed by atoms with Crippen LogP contribution in [0.4, 0.5) is 9.52 Å². The largest absolute Gasteiger partial charge is 0.507 e. The number of Topliss-reactive ketones (excluding diaryl/α,β-unsaturated/α-hetero) is 1. The molecule has 1 fully saturated rings. The Labute approximate surface area is 264 Å². The number of halogens is 1. The van der Waals surface area contributed by atoms with Crippen molar-refractivity contribution in [3.63, 3.8) is 0 Å². The van der Waals surface area contributed by atoms with E-state index >= 15 is 0 Å². The van der Waals surface area contributed by atoms with Gasteiger partial charge in [-0.2, -0.15) is 0 Å². The number of carbonyl (C=O) groups excluding carboxylic acids is 3. The fourth-order valence-corrected chi connectivity index (χ4v) is 7.02. The molecular weight excluding hydrogens is 618 g/mol. The summed E-state index contributed by atoms with van der Waals surface area (Å²) in [6, 6.07) is 22.8. The van der Waals surface area contributed by atoms with Crippen molar-refractivity contribution in [1.82, 2.24) is 10.2 Å². The molecule has 2 heterocycles. The van der Waals surface area contributed by atoms with E-state index in [4.69, 9.17) is 9.47 Å². The summed E-state index contributed by atoms with van der Waals surface area (Å²) in [7, 11) is 2.56. The smallest absolute Gasteiger partial charge is 0.337 e. The molecule has 1 saturated heterocycles. The first-order valence-corrected chi connectivity index (χ1v) is 15.4. The van der Waals surface area contributed by atoms with Crippen molar-refractivity contribution < 1.29 is 33.4 Å². The van der Waals surface area contributed by atoms with Crippen LogP contribution in [-0.2, 0) is 20.1 Å². The van der Waals surface area contributed by atoms with Crippen molar-refractivity contribution in [1.29, 1.82) is 0 Å². The van der Waals surface area contributed by atoms with E-state index in [1.165, 1.54) is 55.1 Å². The lowest BCUT2D eigenvalue weighted by molar-refractivity contribution is -0.132. The van der Waals surface area contributed by atoms with Crippen molar-refractivity contribution in [2.75, 3.05) is 19.1 Å². The summed E-state index contributed by atoms with van der Waals surface area (Å²) < 4.78 is 24.9. The Kier molecular flexibility index (Phi) is 8.33. The summed E-state index contributed by atoms with van der Waals surface area (Å²) in [5, 5.41) is 22.2. The van der Waals surface area contributed by atoms with Crippen LogP contribution < -0.4 is 9.64 Å². The first-order valence-electron chi connectivity index (χ1n) is 13.6. The number of anilines is 1. The molecule has 226 valence electrons. The number of aliphatic hydroxyl groups is 1. The fourth-order valence-electron chi connectivity index (χ4n) is 5.15. The second kappa shape index (κ2) is 12.5. The van der Waals surface area contributed by atoms with E-state index in [1.807, 2.05) is 36.4 Å². The average molecular weight is 642 g/mol. The number of thioether (sulfide) groups is 1. The van der Waals surface area contributed by atoms with Crippen LogP contribution in [0.5, 0.6) is 5.75 Å². The number of methoxy groups -OCH3 is 2. The van der Waals surface area contributed by atoms with Crippen molar-refractivity contribution in [3.8, 4) is 5.75 Å². The summed E-state index contributed by atoms with van der Waals surface area (Å²) in [5.41, 5.74) is 1.46. The number of fused-ring (bicyclic) bond motifs is 1. The summed E-state index contributed by atoms with van der Waals surface area (Å²) >= 11 is 2.57. The Hall–Kier alpha value is -5.07. The monoisotopic (exact) mass is 641 g/mol. The van der Waals surface area contributed by atoms with Gasteiger partial charge in [0, 0.05) is 11.3 Å². The van der Waals surface area contributed by atoms with Crippen LogP contribution in [0.3, 0.4) is 0 Å². The highest BCUT2D eigenvalue weighted by molar-refractivity contribution is 8.00. The molecule has 0 aliphatic carbocycles. The third kappa shape index (κ3) is 5.65. The highest BCUT2D eigenvalue weighted by atomic mass is 32.2. The molecule has 0 saturated carbocycles. The summed E-state index contributed by atoms with van der Waals surface area (Å²) in [4.78, 5) is 40.3. The topological polar surface area (TPSA) is 119 Å². The van der Waals surface area contributed by atoms with Crippen LogP contribution in [0.25, 0.3) is 16.5 Å². The van der Waals surface area contributed by atoms with E-state index in [9.17, 15) is 23.9 Å². The standard InChI is InChI=1S/C33H24FN3O6S2/c1-42-25-15-14-21(16-24(25)34)28(38)26-27(19-10-12-20(13-11-19)31(41)43-2)37(30(40)29(26)39)32-35-36-33(45-32)44-17-22-8-5-7-18-6-3-4-9-23(18)22/h3-16,27,38H,17H2,1-2H3/t27-/m0/s1. The number of ether oxygens (including phenoxy) is 2. The Morgan fingerprint density at radius 1 is 0.978 bits per heavy atom. The lowest BCUT2D eigenvalue weighted by Crippen LogP contribution is -2.29. The van der Waals surface area contributed by atoms with E-state index in [0.29, 0.717) is 15.7 Å². The number of aliphatic hydroxyl groups excluding tert-OH is 1. The van der Waals surface area contributed by atoms with Gasteiger partial charge in [-0.15, -0.1) is 10.2 Å². The van der Waals surface area contributed by atoms with E-state index in [1.54, 1.807) is 12.1 Å². The number of rotatable bonds is 8.